The van der Waals surface area contributed by atoms with E-state index in [1.165, 1.54) is 0 Å². The number of carboxylic acids is 1. The van der Waals surface area contributed by atoms with Gasteiger partial charge in [-0.3, -0.25) is 14.1 Å². The molecular formula is C4H8Na2O7S. The molecule has 0 rings (SSSR count). The van der Waals surface area contributed by atoms with Crippen molar-refractivity contribution in [2.24, 2.45) is 0 Å². The van der Waals surface area contributed by atoms with Crippen molar-refractivity contribution in [2.75, 3.05) is 0 Å². The summed E-state index contributed by atoms with van der Waals surface area (Å²) in [6.07, 6.45) is -1.15. The number of carboxylic acid groups (broad SMARTS) is 1. The summed E-state index contributed by atoms with van der Waals surface area (Å²) in [6, 6.07) is 0. The topological polar surface area (TPSA) is 118 Å². The molecule has 2 N–H and O–H groups in total. The summed E-state index contributed by atoms with van der Waals surface area (Å²) in [6.45, 7) is 0. The van der Waals surface area contributed by atoms with Crippen LogP contribution in [0.1, 0.15) is 15.7 Å². The first-order valence-electron chi connectivity index (χ1n) is 2.73. The average molecular weight is 246 g/mol. The number of rotatable bonds is 4. The summed E-state index contributed by atoms with van der Waals surface area (Å²) in [7, 11) is -4.81. The van der Waals surface area contributed by atoms with Gasteiger partial charge in [-0.2, -0.15) is 8.42 Å². The molecule has 74 valence electrons. The summed E-state index contributed by atoms with van der Waals surface area (Å²) in [5.41, 5.74) is 0. The summed E-state index contributed by atoms with van der Waals surface area (Å²) in [5.74, 6) is -2.57. The van der Waals surface area contributed by atoms with Gasteiger partial charge < -0.3 is 12.1 Å². The molecule has 0 aromatic rings. The summed E-state index contributed by atoms with van der Waals surface area (Å²) >= 11 is 0. The van der Waals surface area contributed by atoms with Gasteiger partial charge in [0.25, 0.3) is 0 Å². The van der Waals surface area contributed by atoms with Crippen molar-refractivity contribution in [1.29, 1.82) is 0 Å². The van der Waals surface area contributed by atoms with E-state index in [0.29, 0.717) is 0 Å². The second kappa shape index (κ2) is 9.10. The second-order valence-corrected chi connectivity index (χ2v) is 2.80. The van der Waals surface area contributed by atoms with Gasteiger partial charge in [-0.15, -0.1) is 0 Å². The van der Waals surface area contributed by atoms with Gasteiger partial charge >= 0.3 is 81.5 Å². The van der Waals surface area contributed by atoms with Crippen molar-refractivity contribution >= 4 is 22.3 Å². The van der Waals surface area contributed by atoms with E-state index in [1.807, 2.05) is 0 Å². The molecule has 10 heteroatoms. The van der Waals surface area contributed by atoms with Gasteiger partial charge in [-0.05, 0) is 0 Å². The van der Waals surface area contributed by atoms with Crippen molar-refractivity contribution in [3.8, 4) is 0 Å². The number of carbonyl (C=O) groups is 2. The normalized spacial score (nSPS) is 9.21. The quantitative estimate of drug-likeness (QED) is 0.374. The molecule has 0 unspecified atom stereocenters. The van der Waals surface area contributed by atoms with Gasteiger partial charge in [0.15, 0.2) is 0 Å². The summed E-state index contributed by atoms with van der Waals surface area (Å²) < 4.78 is 31.1. The Morgan fingerprint density at radius 1 is 1.21 bits per heavy atom. The van der Waals surface area contributed by atoms with Gasteiger partial charge in [0, 0.05) is 0 Å². The SMILES string of the molecule is O=C(O)CCC(=O)OS(=O)(=O)O.[H-].[H-].[Na+].[Na+]. The Kier molecular flexibility index (Phi) is 13.2. The van der Waals surface area contributed by atoms with E-state index in [1.54, 1.807) is 0 Å². The van der Waals surface area contributed by atoms with E-state index in [-0.39, 0.29) is 62.0 Å². The van der Waals surface area contributed by atoms with Crippen LogP contribution < -0.4 is 59.1 Å². The van der Waals surface area contributed by atoms with Crippen LogP contribution in [0.4, 0.5) is 0 Å². The van der Waals surface area contributed by atoms with Crippen molar-refractivity contribution in [1.82, 2.24) is 0 Å². The molecule has 0 heterocycles. The fraction of sp³-hybridized carbons (Fsp3) is 0.500. The molecule has 0 aromatic heterocycles. The fourth-order valence-electron chi connectivity index (χ4n) is 0.368. The smallest absolute Gasteiger partial charge is 1.00 e. The van der Waals surface area contributed by atoms with Crippen LogP contribution in [-0.4, -0.2) is 30.0 Å². The molecule has 0 radical (unpaired) electrons. The van der Waals surface area contributed by atoms with Crippen LogP contribution in [0, 0.1) is 0 Å². The zero-order chi connectivity index (χ0) is 9.78. The summed E-state index contributed by atoms with van der Waals surface area (Å²) in [4.78, 5) is 20.2. The largest absolute Gasteiger partial charge is 1.00 e. The van der Waals surface area contributed by atoms with E-state index < -0.39 is 35.2 Å². The van der Waals surface area contributed by atoms with Crippen molar-refractivity contribution < 1.29 is 93.8 Å². The Hall–Kier alpha value is 0.850. The minimum Gasteiger partial charge on any atom is -1.00 e. The number of aliphatic carboxylic acids is 1. The molecule has 0 spiro atoms. The molecule has 0 amide bonds. The minimum absolute atomic E-state index is 0. The van der Waals surface area contributed by atoms with Gasteiger partial charge in [0.1, 0.15) is 0 Å². The maximum absolute atomic E-state index is 10.3. The Morgan fingerprint density at radius 3 is 1.93 bits per heavy atom. The Balaban J connectivity index is -0.000000101. The Bertz CT molecular complexity index is 293. The maximum atomic E-state index is 10.3. The third-order valence-electron chi connectivity index (χ3n) is 0.741. The van der Waals surface area contributed by atoms with Crippen LogP contribution in [0.3, 0.4) is 0 Å². The fourth-order valence-corrected chi connectivity index (χ4v) is 0.686. The first kappa shape index (κ1) is 20.3. The van der Waals surface area contributed by atoms with Gasteiger partial charge in [-0.1, -0.05) is 0 Å². The van der Waals surface area contributed by atoms with E-state index in [2.05, 4.69) is 4.18 Å². The minimum atomic E-state index is -4.81. The van der Waals surface area contributed by atoms with Gasteiger partial charge in [0.05, 0.1) is 12.8 Å². The molecule has 0 aromatic carbocycles. The molecular weight excluding hydrogens is 238 g/mol. The van der Waals surface area contributed by atoms with Gasteiger partial charge in [-0.25, -0.2) is 0 Å². The standard InChI is InChI=1S/C4H6O7S.2Na.2H/c5-3(6)1-2-4(7)11-12(8,9)10;;;;/h1-2H2,(H,5,6)(H,8,9,10);;;;/q;2*+1;2*-1. The molecule has 14 heavy (non-hydrogen) atoms. The molecule has 0 aliphatic carbocycles. The van der Waals surface area contributed by atoms with Crippen molar-refractivity contribution in [3.05, 3.63) is 0 Å². The van der Waals surface area contributed by atoms with Crippen LogP contribution >= 0.6 is 0 Å². The molecule has 0 fully saturated rings. The third-order valence-corrected chi connectivity index (χ3v) is 1.14. The zero-order valence-corrected chi connectivity index (χ0v) is 12.6. The number of carbonyl (C=O) groups excluding carboxylic acids is 1. The first-order chi connectivity index (χ1) is 5.31. The second-order valence-electron chi connectivity index (χ2n) is 1.78. The van der Waals surface area contributed by atoms with Crippen LogP contribution in [0.25, 0.3) is 0 Å². The molecule has 0 saturated carbocycles. The summed E-state index contributed by atoms with van der Waals surface area (Å²) in [5, 5.41) is 8.04. The molecule has 0 aliphatic rings. The molecule has 0 saturated heterocycles. The predicted octanol–water partition coefficient (Wildman–Crippen LogP) is -6.57. The monoisotopic (exact) mass is 246 g/mol. The maximum Gasteiger partial charge on any atom is 1.00 e. The van der Waals surface area contributed by atoms with E-state index >= 15 is 0 Å². The van der Waals surface area contributed by atoms with Crippen LogP contribution in [-0.2, 0) is 24.2 Å². The molecule has 0 aliphatic heterocycles. The van der Waals surface area contributed by atoms with Crippen molar-refractivity contribution in [2.45, 2.75) is 12.8 Å². The van der Waals surface area contributed by atoms with E-state index in [4.69, 9.17) is 9.66 Å². The molecule has 0 atom stereocenters. The van der Waals surface area contributed by atoms with E-state index in [9.17, 15) is 18.0 Å². The molecule has 0 bridgehead atoms. The first-order valence-corrected chi connectivity index (χ1v) is 4.09. The Labute approximate surface area is 128 Å². The van der Waals surface area contributed by atoms with Crippen molar-refractivity contribution in [3.63, 3.8) is 0 Å². The predicted molar refractivity (Wildman–Crippen MR) is 36.7 cm³/mol. The average Bonchev–Trinajstić information content (AvgIpc) is 1.79. The number of hydrogen-bond acceptors (Lipinski definition) is 5. The molecule has 7 nitrogen and oxygen atoms in total. The van der Waals surface area contributed by atoms with Crippen LogP contribution in [0.5, 0.6) is 0 Å². The van der Waals surface area contributed by atoms with Crippen LogP contribution in [0.15, 0.2) is 0 Å². The van der Waals surface area contributed by atoms with E-state index in [0.717, 1.165) is 0 Å². The third kappa shape index (κ3) is 15.3. The van der Waals surface area contributed by atoms with Crippen LogP contribution in [0.2, 0.25) is 0 Å². The van der Waals surface area contributed by atoms with Gasteiger partial charge in [0.2, 0.25) is 0 Å². The Morgan fingerprint density at radius 2 is 1.64 bits per heavy atom. The number of hydrogen-bond donors (Lipinski definition) is 2. The zero-order valence-electron chi connectivity index (χ0n) is 9.76.